The predicted octanol–water partition coefficient (Wildman–Crippen LogP) is 3.52. The van der Waals surface area contributed by atoms with Crippen molar-refractivity contribution in [2.75, 3.05) is 20.2 Å². The number of piperidine rings is 1. The smallest absolute Gasteiger partial charge is 0.226 e. The quantitative estimate of drug-likeness (QED) is 0.861. The van der Waals surface area contributed by atoms with Crippen molar-refractivity contribution in [3.05, 3.63) is 53.3 Å². The first kappa shape index (κ1) is 16.6. The molecule has 0 N–H and O–H groups in total. The summed E-state index contributed by atoms with van der Waals surface area (Å²) in [7, 11) is 1.65. The van der Waals surface area contributed by atoms with Crippen LogP contribution in [0.3, 0.4) is 0 Å². The van der Waals surface area contributed by atoms with Gasteiger partial charge in [0.1, 0.15) is 5.75 Å². The third-order valence-corrected chi connectivity index (χ3v) is 5.00. The second kappa shape index (κ2) is 7.12. The number of ether oxygens (including phenoxy) is 1. The molecular weight excluding hydrogens is 300 g/mol. The number of rotatable bonds is 4. The van der Waals surface area contributed by atoms with E-state index in [2.05, 4.69) is 30.5 Å². The number of hydrogen-bond acceptors (Lipinski definition) is 2. The van der Waals surface area contributed by atoms with E-state index in [1.54, 1.807) is 7.11 Å². The van der Waals surface area contributed by atoms with E-state index >= 15 is 0 Å². The van der Waals surface area contributed by atoms with Gasteiger partial charge in [0.2, 0.25) is 5.91 Å². The molecule has 4 heteroatoms. The van der Waals surface area contributed by atoms with Crippen molar-refractivity contribution in [1.29, 1.82) is 0 Å². The summed E-state index contributed by atoms with van der Waals surface area (Å²) >= 11 is 0. The number of amides is 1. The van der Waals surface area contributed by atoms with Crippen LogP contribution in [-0.2, 0) is 11.2 Å². The molecule has 0 unspecified atom stereocenters. The molecule has 0 saturated carbocycles. The second-order valence-electron chi connectivity index (χ2n) is 6.63. The molecule has 128 valence electrons. The Morgan fingerprint density at radius 1 is 1.12 bits per heavy atom. The summed E-state index contributed by atoms with van der Waals surface area (Å²) in [4.78, 5) is 14.6. The Morgan fingerprint density at radius 3 is 2.42 bits per heavy atom. The van der Waals surface area contributed by atoms with Crippen molar-refractivity contribution < 1.29 is 9.53 Å². The fourth-order valence-corrected chi connectivity index (χ4v) is 3.70. The standard InChI is InChI=1S/C20H26N2O2/c1-15-7-8-16(2)22(15)18-9-11-21(12-10-18)20(23)14-17-5-4-6-19(13-17)24-3/h4-8,13,18H,9-12,14H2,1-3H3. The van der Waals surface area contributed by atoms with Crippen LogP contribution in [0.1, 0.15) is 35.8 Å². The van der Waals surface area contributed by atoms with Crippen LogP contribution in [-0.4, -0.2) is 35.6 Å². The summed E-state index contributed by atoms with van der Waals surface area (Å²) in [5.74, 6) is 1.01. The first-order valence-electron chi connectivity index (χ1n) is 8.63. The van der Waals surface area contributed by atoms with E-state index in [1.807, 2.05) is 29.2 Å². The molecule has 0 bridgehead atoms. The summed E-state index contributed by atoms with van der Waals surface area (Å²) < 4.78 is 7.65. The highest BCUT2D eigenvalue weighted by atomic mass is 16.5. The van der Waals surface area contributed by atoms with Gasteiger partial charge < -0.3 is 14.2 Å². The molecule has 3 rings (SSSR count). The summed E-state index contributed by atoms with van der Waals surface area (Å²) in [6.07, 6.45) is 2.50. The zero-order valence-corrected chi connectivity index (χ0v) is 14.8. The molecule has 1 fully saturated rings. The molecule has 1 aromatic heterocycles. The number of aryl methyl sites for hydroxylation is 2. The minimum absolute atomic E-state index is 0.211. The van der Waals surface area contributed by atoms with E-state index in [1.165, 1.54) is 11.4 Å². The molecule has 1 aliphatic rings. The highest BCUT2D eigenvalue weighted by Gasteiger charge is 2.25. The molecule has 24 heavy (non-hydrogen) atoms. The topological polar surface area (TPSA) is 34.5 Å². The fourth-order valence-electron chi connectivity index (χ4n) is 3.70. The Labute approximate surface area is 144 Å². The van der Waals surface area contributed by atoms with E-state index in [0.29, 0.717) is 12.5 Å². The van der Waals surface area contributed by atoms with Gasteiger partial charge >= 0.3 is 0 Å². The minimum Gasteiger partial charge on any atom is -0.497 e. The SMILES string of the molecule is COc1cccc(CC(=O)N2CCC(n3c(C)ccc3C)CC2)c1. The number of benzene rings is 1. The third kappa shape index (κ3) is 3.48. The molecule has 4 nitrogen and oxygen atoms in total. The number of nitrogens with zero attached hydrogens (tertiary/aromatic N) is 2. The molecule has 0 spiro atoms. The van der Waals surface area contributed by atoms with Gasteiger partial charge in [0.25, 0.3) is 0 Å². The molecule has 0 aliphatic carbocycles. The zero-order valence-electron chi connectivity index (χ0n) is 14.8. The lowest BCUT2D eigenvalue weighted by atomic mass is 10.0. The predicted molar refractivity (Wildman–Crippen MR) is 95.5 cm³/mol. The van der Waals surface area contributed by atoms with Crippen molar-refractivity contribution in [3.63, 3.8) is 0 Å². The largest absolute Gasteiger partial charge is 0.497 e. The number of methoxy groups -OCH3 is 1. The van der Waals surface area contributed by atoms with Gasteiger partial charge in [-0.15, -0.1) is 0 Å². The van der Waals surface area contributed by atoms with E-state index in [0.717, 1.165) is 37.2 Å². The average molecular weight is 326 g/mol. The highest BCUT2D eigenvalue weighted by molar-refractivity contribution is 5.79. The van der Waals surface area contributed by atoms with Crippen molar-refractivity contribution in [1.82, 2.24) is 9.47 Å². The van der Waals surface area contributed by atoms with Crippen LogP contribution in [0.4, 0.5) is 0 Å². The van der Waals surface area contributed by atoms with E-state index in [4.69, 9.17) is 4.74 Å². The maximum absolute atomic E-state index is 12.6. The van der Waals surface area contributed by atoms with Crippen molar-refractivity contribution in [2.45, 2.75) is 39.2 Å². The maximum atomic E-state index is 12.6. The van der Waals surface area contributed by atoms with Crippen molar-refractivity contribution in [2.24, 2.45) is 0 Å². The second-order valence-corrected chi connectivity index (χ2v) is 6.63. The van der Waals surface area contributed by atoms with Crippen LogP contribution in [0.25, 0.3) is 0 Å². The maximum Gasteiger partial charge on any atom is 0.226 e. The van der Waals surface area contributed by atoms with Crippen LogP contribution >= 0.6 is 0 Å². The lowest BCUT2D eigenvalue weighted by Gasteiger charge is -2.34. The molecule has 1 aliphatic heterocycles. The monoisotopic (exact) mass is 326 g/mol. The van der Waals surface area contributed by atoms with E-state index < -0.39 is 0 Å². The van der Waals surface area contributed by atoms with Crippen LogP contribution in [0.15, 0.2) is 36.4 Å². The Balaban J connectivity index is 1.59. The lowest BCUT2D eigenvalue weighted by Crippen LogP contribution is -2.40. The van der Waals surface area contributed by atoms with Crippen LogP contribution in [0.5, 0.6) is 5.75 Å². The zero-order chi connectivity index (χ0) is 17.1. The third-order valence-electron chi connectivity index (χ3n) is 5.00. The minimum atomic E-state index is 0.211. The number of likely N-dealkylation sites (tertiary alicyclic amines) is 1. The van der Waals surface area contributed by atoms with Crippen LogP contribution in [0.2, 0.25) is 0 Å². The number of carbonyl (C=O) groups excluding carboxylic acids is 1. The molecule has 0 radical (unpaired) electrons. The van der Waals surface area contributed by atoms with Crippen molar-refractivity contribution in [3.8, 4) is 5.75 Å². The summed E-state index contributed by atoms with van der Waals surface area (Å²) in [6.45, 7) is 6.00. The number of hydrogen-bond donors (Lipinski definition) is 0. The summed E-state index contributed by atoms with van der Waals surface area (Å²) in [5.41, 5.74) is 3.64. The Hall–Kier alpha value is -2.23. The fraction of sp³-hybridized carbons (Fsp3) is 0.450. The lowest BCUT2D eigenvalue weighted by molar-refractivity contribution is -0.131. The van der Waals surface area contributed by atoms with Gasteiger partial charge in [-0.1, -0.05) is 12.1 Å². The van der Waals surface area contributed by atoms with Gasteiger partial charge in [-0.2, -0.15) is 0 Å². The average Bonchev–Trinajstić information content (AvgIpc) is 2.94. The van der Waals surface area contributed by atoms with Gasteiger partial charge in [0.05, 0.1) is 13.5 Å². The molecule has 1 saturated heterocycles. The summed E-state index contributed by atoms with van der Waals surface area (Å²) in [5, 5.41) is 0. The molecule has 1 amide bonds. The molecule has 1 aromatic carbocycles. The van der Waals surface area contributed by atoms with Gasteiger partial charge in [0, 0.05) is 30.5 Å². The van der Waals surface area contributed by atoms with E-state index in [-0.39, 0.29) is 5.91 Å². The summed E-state index contributed by atoms with van der Waals surface area (Å²) in [6, 6.07) is 12.6. The molecule has 0 atom stereocenters. The van der Waals surface area contributed by atoms with Gasteiger partial charge in [0.15, 0.2) is 0 Å². The van der Waals surface area contributed by atoms with Gasteiger partial charge in [-0.3, -0.25) is 4.79 Å². The van der Waals surface area contributed by atoms with Crippen LogP contribution < -0.4 is 4.74 Å². The van der Waals surface area contributed by atoms with Crippen molar-refractivity contribution >= 4 is 5.91 Å². The Kier molecular flexibility index (Phi) is 4.93. The molecule has 2 aromatic rings. The number of aromatic nitrogens is 1. The van der Waals surface area contributed by atoms with Crippen LogP contribution in [0, 0.1) is 13.8 Å². The Morgan fingerprint density at radius 2 is 1.79 bits per heavy atom. The first-order chi connectivity index (χ1) is 11.6. The number of carbonyl (C=O) groups is 1. The Bertz CT molecular complexity index is 693. The normalized spacial score (nSPS) is 15.5. The van der Waals surface area contributed by atoms with Gasteiger partial charge in [-0.05, 0) is 56.5 Å². The van der Waals surface area contributed by atoms with E-state index in [9.17, 15) is 4.79 Å². The molecular formula is C20H26N2O2. The molecule has 2 heterocycles. The van der Waals surface area contributed by atoms with Gasteiger partial charge in [-0.25, -0.2) is 0 Å². The first-order valence-corrected chi connectivity index (χ1v) is 8.63. The highest BCUT2D eigenvalue weighted by Crippen LogP contribution is 2.26.